The lowest BCUT2D eigenvalue weighted by atomic mass is 9.84. The zero-order valence-electron chi connectivity index (χ0n) is 13.8. The zero-order valence-corrected chi connectivity index (χ0v) is 16.9. The maximum atomic E-state index is 9.28. The van der Waals surface area contributed by atoms with E-state index in [0.717, 1.165) is 43.5 Å². The van der Waals surface area contributed by atoms with E-state index in [1.165, 1.54) is 4.88 Å². The van der Waals surface area contributed by atoms with Crippen LogP contribution in [0.2, 0.25) is 0 Å². The van der Waals surface area contributed by atoms with Crippen molar-refractivity contribution in [3.05, 3.63) is 16.1 Å². The molecule has 1 atom stereocenters. The number of aliphatic hydroxyl groups excluding tert-OH is 1. The van der Waals surface area contributed by atoms with Crippen LogP contribution in [0.1, 0.15) is 29.7 Å². The smallest absolute Gasteiger partial charge is 0.191 e. The molecule has 0 aromatic carbocycles. The predicted molar refractivity (Wildman–Crippen MR) is 105 cm³/mol. The summed E-state index contributed by atoms with van der Waals surface area (Å²) < 4.78 is 5.52. The minimum atomic E-state index is 0. The number of halogens is 1. The van der Waals surface area contributed by atoms with Crippen LogP contribution in [0.3, 0.4) is 0 Å². The SMILES string of the molecule is CCNC(=NCc1ncc(C)s1)NCC1(CCO)CCOC1.I. The summed E-state index contributed by atoms with van der Waals surface area (Å²) in [4.78, 5) is 10.1. The first-order chi connectivity index (χ1) is 10.7. The molecule has 1 fully saturated rings. The lowest BCUT2D eigenvalue weighted by Crippen LogP contribution is -2.44. The van der Waals surface area contributed by atoms with Crippen molar-refractivity contribution >= 4 is 41.3 Å². The Labute approximate surface area is 159 Å². The van der Waals surface area contributed by atoms with Crippen LogP contribution >= 0.6 is 35.3 Å². The van der Waals surface area contributed by atoms with Crippen molar-refractivity contribution in [3.63, 3.8) is 0 Å². The third kappa shape index (κ3) is 6.52. The molecule has 1 unspecified atom stereocenters. The highest BCUT2D eigenvalue weighted by Crippen LogP contribution is 2.31. The highest BCUT2D eigenvalue weighted by molar-refractivity contribution is 14.0. The molecule has 0 radical (unpaired) electrons. The van der Waals surface area contributed by atoms with Gasteiger partial charge in [0.25, 0.3) is 0 Å². The topological polar surface area (TPSA) is 78.8 Å². The first-order valence-corrected chi connectivity index (χ1v) is 8.61. The maximum Gasteiger partial charge on any atom is 0.191 e. The fourth-order valence-corrected chi connectivity index (χ4v) is 3.26. The Morgan fingerprint density at radius 2 is 2.35 bits per heavy atom. The molecule has 1 aromatic rings. The van der Waals surface area contributed by atoms with E-state index >= 15 is 0 Å². The third-order valence-corrected chi connectivity index (χ3v) is 4.74. The molecular formula is C15H27IN4O2S. The van der Waals surface area contributed by atoms with Gasteiger partial charge in [0, 0.05) is 42.8 Å². The standard InChI is InChI=1S/C15H26N4O2S.HI/c1-3-16-14(18-9-13-17-8-12(2)22-13)19-10-15(4-6-20)5-7-21-11-15;/h8,20H,3-7,9-11H2,1-2H3,(H2,16,18,19);1H. The van der Waals surface area contributed by atoms with Gasteiger partial charge in [-0.25, -0.2) is 9.98 Å². The largest absolute Gasteiger partial charge is 0.396 e. The van der Waals surface area contributed by atoms with Gasteiger partial charge >= 0.3 is 0 Å². The van der Waals surface area contributed by atoms with Crippen LogP contribution in [-0.2, 0) is 11.3 Å². The van der Waals surface area contributed by atoms with Gasteiger partial charge in [-0.3, -0.25) is 0 Å². The fourth-order valence-electron chi connectivity index (χ4n) is 2.55. The minimum Gasteiger partial charge on any atom is -0.396 e. The second kappa shape index (κ2) is 10.4. The van der Waals surface area contributed by atoms with Gasteiger partial charge < -0.3 is 20.5 Å². The Kier molecular flexibility index (Phi) is 9.33. The number of aromatic nitrogens is 1. The molecule has 1 saturated heterocycles. The first-order valence-electron chi connectivity index (χ1n) is 7.79. The van der Waals surface area contributed by atoms with Gasteiger partial charge in [-0.05, 0) is 26.7 Å². The van der Waals surface area contributed by atoms with Crippen molar-refractivity contribution in [2.75, 3.05) is 32.9 Å². The number of aryl methyl sites for hydroxylation is 1. The molecule has 0 aliphatic carbocycles. The van der Waals surface area contributed by atoms with Crippen molar-refractivity contribution in [3.8, 4) is 0 Å². The molecule has 1 aliphatic heterocycles. The Morgan fingerprint density at radius 1 is 1.52 bits per heavy atom. The van der Waals surface area contributed by atoms with Crippen LogP contribution in [0.4, 0.5) is 0 Å². The molecule has 1 aliphatic rings. The van der Waals surface area contributed by atoms with Gasteiger partial charge in [-0.1, -0.05) is 0 Å². The number of rotatable bonds is 7. The fraction of sp³-hybridized carbons (Fsp3) is 0.733. The minimum absolute atomic E-state index is 0. The Hall–Kier alpha value is -0.450. The molecule has 23 heavy (non-hydrogen) atoms. The average Bonchev–Trinajstić information content (AvgIpc) is 3.12. The first kappa shape index (κ1) is 20.6. The van der Waals surface area contributed by atoms with E-state index in [9.17, 15) is 5.11 Å². The van der Waals surface area contributed by atoms with Crippen molar-refractivity contribution in [1.29, 1.82) is 0 Å². The lowest BCUT2D eigenvalue weighted by Gasteiger charge is -2.27. The molecule has 132 valence electrons. The van der Waals surface area contributed by atoms with Gasteiger partial charge in [0.2, 0.25) is 0 Å². The summed E-state index contributed by atoms with van der Waals surface area (Å²) in [6.45, 7) is 7.91. The van der Waals surface area contributed by atoms with E-state index < -0.39 is 0 Å². The van der Waals surface area contributed by atoms with Gasteiger partial charge in [-0.2, -0.15) is 0 Å². The molecule has 0 spiro atoms. The highest BCUT2D eigenvalue weighted by atomic mass is 127. The number of hydrogen-bond donors (Lipinski definition) is 3. The van der Waals surface area contributed by atoms with Crippen LogP contribution in [0.5, 0.6) is 0 Å². The van der Waals surface area contributed by atoms with Crippen molar-refractivity contribution in [1.82, 2.24) is 15.6 Å². The predicted octanol–water partition coefficient (Wildman–Crippen LogP) is 1.91. The Bertz CT molecular complexity index is 490. The molecule has 2 rings (SSSR count). The third-order valence-electron chi connectivity index (χ3n) is 3.84. The van der Waals surface area contributed by atoms with Gasteiger partial charge in [0.1, 0.15) is 5.01 Å². The summed E-state index contributed by atoms with van der Waals surface area (Å²) in [5.41, 5.74) is 0.0166. The van der Waals surface area contributed by atoms with Gasteiger partial charge in [-0.15, -0.1) is 35.3 Å². The van der Waals surface area contributed by atoms with Crippen LogP contribution < -0.4 is 10.6 Å². The number of ether oxygens (including phenoxy) is 1. The monoisotopic (exact) mass is 454 g/mol. The summed E-state index contributed by atoms with van der Waals surface area (Å²) in [7, 11) is 0. The molecule has 6 nitrogen and oxygen atoms in total. The highest BCUT2D eigenvalue weighted by Gasteiger charge is 2.34. The summed E-state index contributed by atoms with van der Waals surface area (Å²) in [6.07, 6.45) is 3.61. The normalized spacial score (nSPS) is 21.1. The van der Waals surface area contributed by atoms with Gasteiger partial charge in [0.05, 0.1) is 13.2 Å². The van der Waals surface area contributed by atoms with Crippen LogP contribution in [-0.4, -0.2) is 49.0 Å². The van der Waals surface area contributed by atoms with E-state index in [-0.39, 0.29) is 36.0 Å². The van der Waals surface area contributed by atoms with Crippen LogP contribution in [0, 0.1) is 12.3 Å². The number of aliphatic hydroxyl groups is 1. The molecule has 2 heterocycles. The van der Waals surface area contributed by atoms with Crippen molar-refractivity contribution in [2.45, 2.75) is 33.2 Å². The van der Waals surface area contributed by atoms with Crippen molar-refractivity contribution < 1.29 is 9.84 Å². The Balaban J connectivity index is 0.00000264. The van der Waals surface area contributed by atoms with E-state index in [1.54, 1.807) is 11.3 Å². The molecule has 0 saturated carbocycles. The van der Waals surface area contributed by atoms with E-state index in [2.05, 4.69) is 20.6 Å². The molecule has 1 aromatic heterocycles. The van der Waals surface area contributed by atoms with E-state index in [4.69, 9.17) is 4.74 Å². The summed E-state index contributed by atoms with van der Waals surface area (Å²) in [6, 6.07) is 0. The Morgan fingerprint density at radius 3 is 2.91 bits per heavy atom. The lowest BCUT2D eigenvalue weighted by molar-refractivity contribution is 0.127. The molecular weight excluding hydrogens is 427 g/mol. The number of nitrogens with zero attached hydrogens (tertiary/aromatic N) is 2. The van der Waals surface area contributed by atoms with E-state index in [1.807, 2.05) is 20.0 Å². The average molecular weight is 454 g/mol. The van der Waals surface area contributed by atoms with Crippen LogP contribution in [0.25, 0.3) is 0 Å². The second-order valence-electron chi connectivity index (χ2n) is 5.69. The number of guanidine groups is 1. The van der Waals surface area contributed by atoms with Gasteiger partial charge in [0.15, 0.2) is 5.96 Å². The number of hydrogen-bond acceptors (Lipinski definition) is 5. The molecule has 8 heteroatoms. The second-order valence-corrected chi connectivity index (χ2v) is 7.01. The summed E-state index contributed by atoms with van der Waals surface area (Å²) >= 11 is 1.67. The van der Waals surface area contributed by atoms with E-state index in [0.29, 0.717) is 13.2 Å². The number of aliphatic imine (C=N–C) groups is 1. The number of thiazole rings is 1. The summed E-state index contributed by atoms with van der Waals surface area (Å²) in [5, 5.41) is 16.9. The van der Waals surface area contributed by atoms with Crippen LogP contribution in [0.15, 0.2) is 11.2 Å². The molecule has 0 bridgehead atoms. The maximum absolute atomic E-state index is 9.28. The quantitative estimate of drug-likeness (QED) is 0.333. The van der Waals surface area contributed by atoms with Crippen molar-refractivity contribution in [2.24, 2.45) is 10.4 Å². The number of nitrogens with one attached hydrogen (secondary N) is 2. The summed E-state index contributed by atoms with van der Waals surface area (Å²) in [5.74, 6) is 0.791. The molecule has 3 N–H and O–H groups in total. The zero-order chi connectivity index (χ0) is 15.8. The molecule has 0 amide bonds.